The summed E-state index contributed by atoms with van der Waals surface area (Å²) >= 11 is 0. The van der Waals surface area contributed by atoms with Gasteiger partial charge in [0.15, 0.2) is 6.29 Å². The van der Waals surface area contributed by atoms with E-state index in [0.29, 0.717) is 13.0 Å². The molecular weight excluding hydrogens is 150 g/mol. The summed E-state index contributed by atoms with van der Waals surface area (Å²) in [5.41, 5.74) is 0. The molecule has 2 fully saturated rings. The van der Waals surface area contributed by atoms with Gasteiger partial charge in [-0.25, -0.2) is 5.90 Å². The van der Waals surface area contributed by atoms with E-state index < -0.39 is 6.10 Å². The van der Waals surface area contributed by atoms with Gasteiger partial charge in [0.25, 0.3) is 0 Å². The van der Waals surface area contributed by atoms with Gasteiger partial charge in [0.1, 0.15) is 12.2 Å². The molecule has 2 aliphatic heterocycles. The summed E-state index contributed by atoms with van der Waals surface area (Å²) in [4.78, 5) is 4.58. The van der Waals surface area contributed by atoms with E-state index in [1.54, 1.807) is 0 Å². The van der Waals surface area contributed by atoms with E-state index in [1.807, 2.05) is 0 Å². The van der Waals surface area contributed by atoms with Crippen molar-refractivity contribution in [3.63, 3.8) is 0 Å². The van der Waals surface area contributed by atoms with Crippen molar-refractivity contribution in [1.82, 2.24) is 0 Å². The number of rotatable bonds is 1. The minimum atomic E-state index is -0.512. The lowest BCUT2D eigenvalue weighted by molar-refractivity contribution is -0.199. The van der Waals surface area contributed by atoms with Crippen LogP contribution in [-0.4, -0.2) is 36.3 Å². The van der Waals surface area contributed by atoms with Crippen LogP contribution in [0.25, 0.3) is 0 Å². The summed E-state index contributed by atoms with van der Waals surface area (Å²) in [5, 5.41) is 9.36. The number of fused-ring (bicyclic) bond motifs is 2. The smallest absolute Gasteiger partial charge is 0.186 e. The molecule has 2 rings (SSSR count). The molecule has 0 aromatic carbocycles. The number of nitrogens with two attached hydrogens (primary N) is 1. The van der Waals surface area contributed by atoms with Crippen LogP contribution in [-0.2, 0) is 14.3 Å². The molecule has 2 bridgehead atoms. The molecule has 2 aliphatic rings. The molecule has 0 saturated carbocycles. The molecule has 11 heavy (non-hydrogen) atoms. The van der Waals surface area contributed by atoms with Crippen LogP contribution in [0.3, 0.4) is 0 Å². The maximum Gasteiger partial charge on any atom is 0.186 e. The molecule has 64 valence electrons. The fraction of sp³-hybridized carbons (Fsp3) is 1.00. The number of aliphatic hydroxyl groups excluding tert-OH is 1. The molecule has 0 aliphatic carbocycles. The van der Waals surface area contributed by atoms with E-state index in [1.165, 1.54) is 0 Å². The Kier molecular flexibility index (Phi) is 1.82. The lowest BCUT2D eigenvalue weighted by Gasteiger charge is -2.28. The summed E-state index contributed by atoms with van der Waals surface area (Å²) in [6.07, 6.45) is -0.919. The molecule has 0 aromatic rings. The van der Waals surface area contributed by atoms with Crippen LogP contribution in [0.2, 0.25) is 0 Å². The Labute approximate surface area is 64.0 Å². The van der Waals surface area contributed by atoms with E-state index in [-0.39, 0.29) is 18.5 Å². The zero-order chi connectivity index (χ0) is 7.84. The third kappa shape index (κ3) is 1.15. The topological polar surface area (TPSA) is 73.9 Å². The first kappa shape index (κ1) is 7.45. The van der Waals surface area contributed by atoms with Crippen molar-refractivity contribution in [2.45, 2.75) is 31.0 Å². The Morgan fingerprint density at radius 2 is 2.36 bits per heavy atom. The van der Waals surface area contributed by atoms with Crippen LogP contribution < -0.4 is 5.90 Å². The predicted molar refractivity (Wildman–Crippen MR) is 34.3 cm³/mol. The lowest BCUT2D eigenvalue weighted by atomic mass is 10.1. The highest BCUT2D eigenvalue weighted by Gasteiger charge is 2.43. The maximum absolute atomic E-state index is 9.36. The second-order valence-corrected chi connectivity index (χ2v) is 2.85. The molecular formula is C6H11NO4. The van der Waals surface area contributed by atoms with Gasteiger partial charge in [-0.1, -0.05) is 0 Å². The Bertz CT molecular complexity index is 154. The van der Waals surface area contributed by atoms with Gasteiger partial charge in [0.2, 0.25) is 0 Å². The van der Waals surface area contributed by atoms with Crippen LogP contribution in [0.4, 0.5) is 0 Å². The first-order valence-corrected chi connectivity index (χ1v) is 3.62. The average molecular weight is 161 g/mol. The lowest BCUT2D eigenvalue weighted by Crippen LogP contribution is -2.44. The van der Waals surface area contributed by atoms with Crippen molar-refractivity contribution in [2.24, 2.45) is 5.90 Å². The molecule has 5 heteroatoms. The minimum absolute atomic E-state index is 0.189. The Balaban J connectivity index is 2.05. The van der Waals surface area contributed by atoms with Crippen LogP contribution in [0.5, 0.6) is 0 Å². The second kappa shape index (κ2) is 2.69. The first-order chi connectivity index (χ1) is 5.31. The van der Waals surface area contributed by atoms with Gasteiger partial charge < -0.3 is 14.6 Å². The van der Waals surface area contributed by atoms with Crippen molar-refractivity contribution in [3.8, 4) is 0 Å². The first-order valence-electron chi connectivity index (χ1n) is 3.62. The number of ether oxygens (including phenoxy) is 2. The van der Waals surface area contributed by atoms with Gasteiger partial charge in [-0.3, -0.25) is 4.84 Å². The van der Waals surface area contributed by atoms with Gasteiger partial charge >= 0.3 is 0 Å². The van der Waals surface area contributed by atoms with Crippen molar-refractivity contribution in [1.29, 1.82) is 0 Å². The third-order valence-electron chi connectivity index (χ3n) is 2.11. The van der Waals surface area contributed by atoms with E-state index in [2.05, 4.69) is 4.84 Å². The maximum atomic E-state index is 9.36. The number of hydrogen-bond acceptors (Lipinski definition) is 5. The largest absolute Gasteiger partial charge is 0.390 e. The van der Waals surface area contributed by atoms with Crippen LogP contribution in [0, 0.1) is 0 Å². The molecule has 2 heterocycles. The van der Waals surface area contributed by atoms with Gasteiger partial charge in [0, 0.05) is 6.42 Å². The van der Waals surface area contributed by atoms with Crippen molar-refractivity contribution in [3.05, 3.63) is 0 Å². The normalized spacial score (nSPS) is 49.6. The standard InChI is InChI=1S/C6H11NO4/c7-11-4-1-3(8)5-2-9-6(4)10-5/h3-6,8H,1-2,7H2/t3-,4-,5+,6+/m0/s1. The van der Waals surface area contributed by atoms with Gasteiger partial charge in [-0.15, -0.1) is 0 Å². The molecule has 3 N–H and O–H groups in total. The fourth-order valence-corrected chi connectivity index (χ4v) is 1.46. The van der Waals surface area contributed by atoms with Crippen molar-refractivity contribution in [2.75, 3.05) is 6.61 Å². The predicted octanol–water partition coefficient (Wildman–Crippen LogP) is -1.25. The second-order valence-electron chi connectivity index (χ2n) is 2.85. The molecule has 0 aromatic heterocycles. The molecule has 0 unspecified atom stereocenters. The Morgan fingerprint density at radius 3 is 3.09 bits per heavy atom. The summed E-state index contributed by atoms with van der Waals surface area (Å²) < 4.78 is 10.4. The van der Waals surface area contributed by atoms with E-state index >= 15 is 0 Å². The number of aliphatic hydroxyl groups is 1. The van der Waals surface area contributed by atoms with Gasteiger partial charge in [-0.05, 0) is 0 Å². The van der Waals surface area contributed by atoms with E-state index in [9.17, 15) is 5.11 Å². The fourth-order valence-electron chi connectivity index (χ4n) is 1.46. The zero-order valence-corrected chi connectivity index (χ0v) is 5.97. The quantitative estimate of drug-likeness (QED) is 0.470. The molecule has 4 atom stereocenters. The third-order valence-corrected chi connectivity index (χ3v) is 2.11. The highest BCUT2D eigenvalue weighted by Crippen LogP contribution is 2.28. The molecule has 2 saturated heterocycles. The SMILES string of the molecule is NO[C@H]1C[C@H](O)[C@H]2CO[C@@H]1O2. The summed E-state index contributed by atoms with van der Waals surface area (Å²) in [6.45, 7) is 0.436. The Morgan fingerprint density at radius 1 is 1.55 bits per heavy atom. The van der Waals surface area contributed by atoms with E-state index in [0.717, 1.165) is 0 Å². The molecule has 0 spiro atoms. The molecule has 0 amide bonds. The summed E-state index contributed by atoms with van der Waals surface area (Å²) in [6, 6.07) is 0. The minimum Gasteiger partial charge on any atom is -0.390 e. The average Bonchev–Trinajstić information content (AvgIpc) is 2.43. The zero-order valence-electron chi connectivity index (χ0n) is 5.97. The van der Waals surface area contributed by atoms with E-state index in [4.69, 9.17) is 15.4 Å². The summed E-state index contributed by atoms with van der Waals surface area (Å²) in [5.74, 6) is 4.98. The van der Waals surface area contributed by atoms with Crippen molar-refractivity contribution >= 4 is 0 Å². The summed E-state index contributed by atoms with van der Waals surface area (Å²) in [7, 11) is 0. The Hall–Kier alpha value is -0.200. The van der Waals surface area contributed by atoms with Crippen molar-refractivity contribution < 1.29 is 19.4 Å². The monoisotopic (exact) mass is 161 g/mol. The highest BCUT2D eigenvalue weighted by atomic mass is 16.8. The molecule has 0 radical (unpaired) electrons. The van der Waals surface area contributed by atoms with Crippen LogP contribution >= 0.6 is 0 Å². The highest BCUT2D eigenvalue weighted by molar-refractivity contribution is 4.85. The van der Waals surface area contributed by atoms with Crippen LogP contribution in [0.1, 0.15) is 6.42 Å². The molecule has 5 nitrogen and oxygen atoms in total. The van der Waals surface area contributed by atoms with Gasteiger partial charge in [-0.2, -0.15) is 0 Å². The van der Waals surface area contributed by atoms with Crippen LogP contribution in [0.15, 0.2) is 0 Å². The number of hydrogen-bond donors (Lipinski definition) is 2. The van der Waals surface area contributed by atoms with Gasteiger partial charge in [0.05, 0.1) is 12.7 Å².